The first-order chi connectivity index (χ1) is 14.8. The highest BCUT2D eigenvalue weighted by molar-refractivity contribution is 8.15. The van der Waals surface area contributed by atoms with E-state index in [1.807, 2.05) is 6.07 Å². The minimum Gasteiger partial charge on any atom is -0.494 e. The quantitative estimate of drug-likeness (QED) is 0.451. The fraction of sp³-hybridized carbons (Fsp3) is 0.143. The Morgan fingerprint density at radius 1 is 1.06 bits per heavy atom. The standard InChI is InChI=1S/C21H19ClN4O4S/c1-25-19(28)17(20(29)26(2)21(25)30)18(24-15-10-8-13(22)9-11-15)31-12-16(27)23-14-6-4-3-5-7-14/h3-11,28H,12H2,1-2H3,(H,23,27). The van der Waals surface area contributed by atoms with Gasteiger partial charge < -0.3 is 10.4 Å². The Bertz CT molecular complexity index is 1250. The molecule has 0 saturated heterocycles. The third-order valence-corrected chi connectivity index (χ3v) is 5.53. The smallest absolute Gasteiger partial charge is 0.333 e. The summed E-state index contributed by atoms with van der Waals surface area (Å²) in [5, 5.41) is 13.9. The number of thioether (sulfide) groups is 1. The van der Waals surface area contributed by atoms with Gasteiger partial charge in [0.25, 0.3) is 5.56 Å². The van der Waals surface area contributed by atoms with Crippen molar-refractivity contribution < 1.29 is 9.90 Å². The molecule has 2 N–H and O–H groups in total. The molecule has 0 unspecified atom stereocenters. The number of amides is 1. The number of halogens is 1. The average Bonchev–Trinajstić information content (AvgIpc) is 2.77. The molecule has 8 nitrogen and oxygen atoms in total. The van der Waals surface area contributed by atoms with Crippen molar-refractivity contribution in [2.45, 2.75) is 0 Å². The first-order valence-corrected chi connectivity index (χ1v) is 10.5. The van der Waals surface area contributed by atoms with E-state index < -0.39 is 17.1 Å². The zero-order chi connectivity index (χ0) is 22.5. The molecular weight excluding hydrogens is 440 g/mol. The monoisotopic (exact) mass is 458 g/mol. The minimum absolute atomic E-state index is 0.0766. The molecule has 0 fully saturated rings. The lowest BCUT2D eigenvalue weighted by atomic mass is 10.3. The van der Waals surface area contributed by atoms with Crippen molar-refractivity contribution in [3.8, 4) is 5.88 Å². The van der Waals surface area contributed by atoms with Gasteiger partial charge in [0.2, 0.25) is 11.8 Å². The number of hydrogen-bond acceptors (Lipinski definition) is 6. The zero-order valence-electron chi connectivity index (χ0n) is 16.7. The third kappa shape index (κ3) is 5.25. The van der Waals surface area contributed by atoms with E-state index in [2.05, 4.69) is 10.3 Å². The number of rotatable bonds is 5. The van der Waals surface area contributed by atoms with Crippen LogP contribution in [0.1, 0.15) is 5.56 Å². The molecule has 0 aliphatic carbocycles. The zero-order valence-corrected chi connectivity index (χ0v) is 18.3. The number of anilines is 1. The van der Waals surface area contributed by atoms with Crippen LogP contribution in [0.25, 0.3) is 0 Å². The number of hydrogen-bond donors (Lipinski definition) is 2. The second-order valence-electron chi connectivity index (χ2n) is 6.50. The van der Waals surface area contributed by atoms with E-state index in [4.69, 9.17) is 11.6 Å². The average molecular weight is 459 g/mol. The number of aliphatic imine (C=N–C) groups is 1. The molecule has 3 aromatic rings. The van der Waals surface area contributed by atoms with Crippen LogP contribution in [0.15, 0.2) is 69.2 Å². The highest BCUT2D eigenvalue weighted by Gasteiger charge is 2.21. The molecule has 0 spiro atoms. The molecule has 0 bridgehead atoms. The van der Waals surface area contributed by atoms with Gasteiger partial charge in [-0.3, -0.25) is 18.7 Å². The van der Waals surface area contributed by atoms with Crippen LogP contribution in [0.4, 0.5) is 11.4 Å². The van der Waals surface area contributed by atoms with E-state index >= 15 is 0 Å². The molecule has 10 heteroatoms. The second-order valence-corrected chi connectivity index (χ2v) is 7.90. The lowest BCUT2D eigenvalue weighted by Crippen LogP contribution is -2.39. The van der Waals surface area contributed by atoms with Gasteiger partial charge in [-0.25, -0.2) is 9.79 Å². The number of carbonyl (C=O) groups excluding carboxylic acids is 1. The summed E-state index contributed by atoms with van der Waals surface area (Å²) in [5.41, 5.74) is -0.471. The van der Waals surface area contributed by atoms with Crippen molar-refractivity contribution in [1.82, 2.24) is 9.13 Å². The molecule has 0 radical (unpaired) electrons. The molecule has 160 valence electrons. The lowest BCUT2D eigenvalue weighted by molar-refractivity contribution is -0.113. The van der Waals surface area contributed by atoms with Crippen LogP contribution in [0.5, 0.6) is 5.88 Å². The van der Waals surface area contributed by atoms with Crippen LogP contribution in [0.2, 0.25) is 5.02 Å². The van der Waals surface area contributed by atoms with Crippen LogP contribution in [-0.2, 0) is 18.9 Å². The molecule has 3 rings (SSSR count). The third-order valence-electron chi connectivity index (χ3n) is 4.30. The summed E-state index contributed by atoms with van der Waals surface area (Å²) in [6.07, 6.45) is 0. The number of aromatic hydroxyl groups is 1. The molecular formula is C21H19ClN4O4S. The summed E-state index contributed by atoms with van der Waals surface area (Å²) in [5.74, 6) is -0.926. The topological polar surface area (TPSA) is 106 Å². The number of benzene rings is 2. The van der Waals surface area contributed by atoms with Crippen LogP contribution in [-0.4, -0.2) is 30.9 Å². The predicted molar refractivity (Wildman–Crippen MR) is 124 cm³/mol. The van der Waals surface area contributed by atoms with E-state index in [1.54, 1.807) is 48.5 Å². The second kappa shape index (κ2) is 9.67. The first kappa shape index (κ1) is 22.4. The van der Waals surface area contributed by atoms with E-state index in [-0.39, 0.29) is 22.3 Å². The summed E-state index contributed by atoms with van der Waals surface area (Å²) in [7, 11) is 2.65. The van der Waals surface area contributed by atoms with Gasteiger partial charge in [0.1, 0.15) is 10.6 Å². The summed E-state index contributed by atoms with van der Waals surface area (Å²) in [4.78, 5) is 41.7. The molecule has 0 aliphatic rings. The Hall–Kier alpha value is -3.30. The summed E-state index contributed by atoms with van der Waals surface area (Å²) >= 11 is 6.89. The van der Waals surface area contributed by atoms with Gasteiger partial charge in [0, 0.05) is 24.8 Å². The predicted octanol–water partition coefficient (Wildman–Crippen LogP) is 2.89. The summed E-state index contributed by atoms with van der Waals surface area (Å²) < 4.78 is 1.82. The van der Waals surface area contributed by atoms with Gasteiger partial charge in [-0.05, 0) is 36.4 Å². The molecule has 1 amide bonds. The number of carbonyl (C=O) groups is 1. The maximum atomic E-state index is 12.8. The lowest BCUT2D eigenvalue weighted by Gasteiger charge is -2.12. The molecule has 0 atom stereocenters. The Morgan fingerprint density at radius 2 is 1.71 bits per heavy atom. The highest BCUT2D eigenvalue weighted by Crippen LogP contribution is 2.24. The molecule has 1 heterocycles. The van der Waals surface area contributed by atoms with E-state index in [9.17, 15) is 19.5 Å². The van der Waals surface area contributed by atoms with Crippen molar-refractivity contribution in [1.29, 1.82) is 0 Å². The first-order valence-electron chi connectivity index (χ1n) is 9.09. The van der Waals surface area contributed by atoms with Crippen LogP contribution in [0, 0.1) is 0 Å². The van der Waals surface area contributed by atoms with Crippen molar-refractivity contribution in [3.63, 3.8) is 0 Å². The normalized spacial score (nSPS) is 11.4. The van der Waals surface area contributed by atoms with E-state index in [0.29, 0.717) is 16.4 Å². The van der Waals surface area contributed by atoms with Crippen molar-refractivity contribution in [2.75, 3.05) is 11.1 Å². The number of para-hydroxylation sites is 1. The fourth-order valence-corrected chi connectivity index (χ4v) is 3.63. The van der Waals surface area contributed by atoms with Gasteiger partial charge in [-0.1, -0.05) is 41.6 Å². The SMILES string of the molecule is Cn1c(O)c(C(=Nc2ccc(Cl)cc2)SCC(=O)Nc2ccccc2)c(=O)n(C)c1=O. The summed E-state index contributed by atoms with van der Waals surface area (Å²) in [6.45, 7) is 0. The number of aromatic nitrogens is 2. The number of nitrogens with zero attached hydrogens (tertiary/aromatic N) is 3. The Morgan fingerprint density at radius 3 is 2.35 bits per heavy atom. The van der Waals surface area contributed by atoms with E-state index in [1.165, 1.54) is 14.1 Å². The van der Waals surface area contributed by atoms with Gasteiger partial charge in [-0.2, -0.15) is 0 Å². The van der Waals surface area contributed by atoms with Crippen LogP contribution < -0.4 is 16.6 Å². The van der Waals surface area contributed by atoms with Crippen molar-refractivity contribution in [2.24, 2.45) is 19.1 Å². The Labute approximate surface area is 186 Å². The van der Waals surface area contributed by atoms with Crippen LogP contribution >= 0.6 is 23.4 Å². The van der Waals surface area contributed by atoms with Crippen molar-refractivity contribution in [3.05, 3.63) is 86.0 Å². The largest absolute Gasteiger partial charge is 0.494 e. The van der Waals surface area contributed by atoms with Gasteiger partial charge in [-0.15, -0.1) is 0 Å². The summed E-state index contributed by atoms with van der Waals surface area (Å²) in [6, 6.07) is 15.4. The Kier molecular flexibility index (Phi) is 6.98. The van der Waals surface area contributed by atoms with Crippen LogP contribution in [0.3, 0.4) is 0 Å². The van der Waals surface area contributed by atoms with Crippen molar-refractivity contribution >= 4 is 45.7 Å². The maximum absolute atomic E-state index is 12.8. The van der Waals surface area contributed by atoms with E-state index in [0.717, 1.165) is 20.9 Å². The Balaban J connectivity index is 1.99. The molecule has 2 aromatic carbocycles. The molecule has 31 heavy (non-hydrogen) atoms. The highest BCUT2D eigenvalue weighted by atomic mass is 35.5. The van der Waals surface area contributed by atoms with Gasteiger partial charge in [0.05, 0.1) is 11.4 Å². The number of nitrogens with one attached hydrogen (secondary N) is 1. The maximum Gasteiger partial charge on any atom is 0.333 e. The van der Waals surface area contributed by atoms with Gasteiger partial charge >= 0.3 is 5.69 Å². The fourth-order valence-electron chi connectivity index (χ4n) is 2.67. The molecule has 1 aromatic heterocycles. The molecule has 0 aliphatic heterocycles. The molecule has 0 saturated carbocycles. The minimum atomic E-state index is -0.718. The van der Waals surface area contributed by atoms with Gasteiger partial charge in [0.15, 0.2) is 0 Å².